The first-order chi connectivity index (χ1) is 7.99. The zero-order valence-electron chi connectivity index (χ0n) is 12.9. The van der Waals surface area contributed by atoms with E-state index in [1.165, 1.54) is 44.7 Å². The van der Waals surface area contributed by atoms with E-state index in [2.05, 4.69) is 20.0 Å². The third kappa shape index (κ3) is 14.9. The van der Waals surface area contributed by atoms with Gasteiger partial charge >= 0.3 is 0 Å². The molecule has 0 aliphatic carbocycles. The van der Waals surface area contributed by atoms with Crippen molar-refractivity contribution in [1.82, 2.24) is 0 Å². The van der Waals surface area contributed by atoms with Crippen molar-refractivity contribution in [2.45, 2.75) is 51.2 Å². The van der Waals surface area contributed by atoms with Gasteiger partial charge in [-0.1, -0.05) is 19.3 Å². The van der Waals surface area contributed by atoms with E-state index >= 15 is 0 Å². The summed E-state index contributed by atoms with van der Waals surface area (Å²) in [6, 6.07) is 0. The van der Waals surface area contributed by atoms with E-state index in [1.807, 2.05) is 0 Å². The van der Waals surface area contributed by atoms with Crippen LogP contribution < -0.4 is 17.0 Å². The number of hydrogen-bond acceptors (Lipinski definition) is 2. The summed E-state index contributed by atoms with van der Waals surface area (Å²) in [5, 5.41) is 0. The van der Waals surface area contributed by atoms with Crippen molar-refractivity contribution in [2.75, 3.05) is 40.4 Å². The van der Waals surface area contributed by atoms with Crippen LogP contribution in [0.2, 0.25) is 0 Å². The molecule has 0 rings (SSSR count). The Morgan fingerprint density at radius 1 is 0.778 bits per heavy atom. The molecule has 0 aromatic rings. The Labute approximate surface area is 125 Å². The van der Waals surface area contributed by atoms with Crippen LogP contribution in [0.15, 0.2) is 0 Å². The zero-order chi connectivity index (χ0) is 13.1. The van der Waals surface area contributed by atoms with Gasteiger partial charge in [0.05, 0.1) is 6.16 Å². The lowest BCUT2D eigenvalue weighted by atomic mass is 10.1. The molecule has 0 radical (unpaired) electrons. The van der Waals surface area contributed by atoms with E-state index < -0.39 is 7.26 Å². The average Bonchev–Trinajstić information content (AvgIpc) is 2.26. The maximum absolute atomic E-state index is 5.16. The Kier molecular flexibility index (Phi) is 15.1. The van der Waals surface area contributed by atoms with Gasteiger partial charge in [0.15, 0.2) is 6.29 Å². The van der Waals surface area contributed by atoms with Gasteiger partial charge in [0.2, 0.25) is 0 Å². The normalized spacial score (nSPS) is 11.7. The molecule has 0 spiro atoms. The predicted molar refractivity (Wildman–Crippen MR) is 79.7 cm³/mol. The summed E-state index contributed by atoms with van der Waals surface area (Å²) in [4.78, 5) is 0. The van der Waals surface area contributed by atoms with E-state index in [0.717, 1.165) is 6.42 Å². The topological polar surface area (TPSA) is 18.5 Å². The first-order valence-corrected chi connectivity index (χ1v) is 10.2. The van der Waals surface area contributed by atoms with Gasteiger partial charge in [-0.3, -0.25) is 0 Å². The Hall–Kier alpha value is 0.830. The third-order valence-corrected chi connectivity index (χ3v) is 4.70. The molecule has 0 aromatic carbocycles. The van der Waals surface area contributed by atoms with E-state index in [9.17, 15) is 0 Å². The maximum Gasteiger partial charge on any atom is 0.156 e. The molecule has 0 atom stereocenters. The van der Waals surface area contributed by atoms with Crippen LogP contribution in [0.4, 0.5) is 0 Å². The molecule has 112 valence electrons. The molecule has 0 aromatic heterocycles. The van der Waals surface area contributed by atoms with Crippen LogP contribution in [-0.2, 0) is 9.47 Å². The quantitative estimate of drug-likeness (QED) is 0.319. The molecular weight excluding hydrogens is 311 g/mol. The summed E-state index contributed by atoms with van der Waals surface area (Å²) < 4.78 is 10.3. The molecule has 0 N–H and O–H groups in total. The highest BCUT2D eigenvalue weighted by Gasteiger charge is 2.15. The summed E-state index contributed by atoms with van der Waals surface area (Å²) in [7, 11) is 2.89. The zero-order valence-corrected chi connectivity index (χ0v) is 15.4. The number of ether oxygens (including phenoxy) is 2. The molecule has 0 saturated carbocycles. The first kappa shape index (κ1) is 21.1. The molecule has 0 fully saturated rings. The van der Waals surface area contributed by atoms with Crippen molar-refractivity contribution in [3.63, 3.8) is 0 Å². The van der Waals surface area contributed by atoms with Gasteiger partial charge in [0.1, 0.15) is 0 Å². The summed E-state index contributed by atoms with van der Waals surface area (Å²) >= 11 is 0. The lowest BCUT2D eigenvalue weighted by molar-refractivity contribution is -0.107. The lowest BCUT2D eigenvalue weighted by Crippen LogP contribution is -3.00. The van der Waals surface area contributed by atoms with Gasteiger partial charge in [0.25, 0.3) is 0 Å². The number of unbranched alkanes of at least 4 members (excludes halogenated alkanes) is 5. The van der Waals surface area contributed by atoms with Crippen LogP contribution in [0.25, 0.3) is 0 Å². The number of hydrogen-bond donors (Lipinski definition) is 0. The monoisotopic (exact) mass is 342 g/mol. The maximum atomic E-state index is 5.16. The second-order valence-electron chi connectivity index (χ2n) is 5.82. The highest BCUT2D eigenvalue weighted by atomic mass is 79.9. The molecule has 0 heterocycles. The van der Waals surface area contributed by atoms with E-state index in [-0.39, 0.29) is 23.3 Å². The van der Waals surface area contributed by atoms with Gasteiger partial charge in [-0.25, -0.2) is 0 Å². The molecule has 0 amide bonds. The van der Waals surface area contributed by atoms with Crippen molar-refractivity contribution in [1.29, 1.82) is 0 Å². The fourth-order valence-electron chi connectivity index (χ4n) is 1.94. The van der Waals surface area contributed by atoms with Crippen molar-refractivity contribution in [3.05, 3.63) is 0 Å². The molecule has 0 aliphatic rings. The van der Waals surface area contributed by atoms with Crippen LogP contribution in [0, 0.1) is 0 Å². The predicted octanol–water partition coefficient (Wildman–Crippen LogP) is 1.25. The van der Waals surface area contributed by atoms with Gasteiger partial charge in [-0.2, -0.15) is 0 Å². The van der Waals surface area contributed by atoms with E-state index in [1.54, 1.807) is 14.2 Å². The fraction of sp³-hybridized carbons (Fsp3) is 1.00. The second-order valence-corrected chi connectivity index (χ2v) is 10.9. The molecule has 0 aliphatic heterocycles. The molecule has 0 unspecified atom stereocenters. The van der Waals surface area contributed by atoms with Gasteiger partial charge in [0, 0.05) is 41.5 Å². The summed E-state index contributed by atoms with van der Waals surface area (Å²) in [5.74, 6) is 0. The van der Waals surface area contributed by atoms with Gasteiger partial charge in [-0.15, -0.1) is 0 Å². The van der Waals surface area contributed by atoms with E-state index in [4.69, 9.17) is 9.47 Å². The summed E-state index contributed by atoms with van der Waals surface area (Å²) in [5.41, 5.74) is 0. The smallest absolute Gasteiger partial charge is 0.156 e. The van der Waals surface area contributed by atoms with Gasteiger partial charge < -0.3 is 26.5 Å². The number of halogens is 1. The third-order valence-electron chi connectivity index (χ3n) is 3.04. The molecular formula is C14H32BrO2P. The standard InChI is InChI=1S/C14H32O2P.BrH/c1-15-14(16-2)12-10-8-6-7-9-11-13-17(3,4)5;/h14H,6-13H2,1-5H3;1H/q+1;/p-1. The summed E-state index contributed by atoms with van der Waals surface area (Å²) in [6.07, 6.45) is 10.6. The molecule has 0 bridgehead atoms. The van der Waals surface area contributed by atoms with Crippen LogP contribution in [-0.4, -0.2) is 46.7 Å². The van der Waals surface area contributed by atoms with E-state index in [0.29, 0.717) is 0 Å². The van der Waals surface area contributed by atoms with Crippen molar-refractivity contribution < 1.29 is 26.5 Å². The minimum absolute atomic E-state index is 0. The Balaban J connectivity index is 0. The van der Waals surface area contributed by atoms with Gasteiger partial charge in [-0.05, 0) is 25.7 Å². The minimum Gasteiger partial charge on any atom is -1.00 e. The Morgan fingerprint density at radius 2 is 1.22 bits per heavy atom. The molecule has 0 saturated heterocycles. The molecule has 2 nitrogen and oxygen atoms in total. The molecule has 18 heavy (non-hydrogen) atoms. The highest BCUT2D eigenvalue weighted by Crippen LogP contribution is 2.47. The van der Waals surface area contributed by atoms with Crippen LogP contribution in [0.1, 0.15) is 44.9 Å². The number of methoxy groups -OCH3 is 2. The second kappa shape index (κ2) is 12.8. The van der Waals surface area contributed by atoms with Crippen molar-refractivity contribution in [2.24, 2.45) is 0 Å². The largest absolute Gasteiger partial charge is 1.00 e. The van der Waals surface area contributed by atoms with Crippen LogP contribution >= 0.6 is 7.26 Å². The lowest BCUT2D eigenvalue weighted by Gasteiger charge is -2.13. The van der Waals surface area contributed by atoms with Crippen molar-refractivity contribution in [3.8, 4) is 0 Å². The van der Waals surface area contributed by atoms with Crippen LogP contribution in [0.5, 0.6) is 0 Å². The minimum atomic E-state index is -0.532. The van der Waals surface area contributed by atoms with Crippen molar-refractivity contribution >= 4 is 7.26 Å². The summed E-state index contributed by atoms with van der Waals surface area (Å²) in [6.45, 7) is 7.30. The number of rotatable bonds is 11. The highest BCUT2D eigenvalue weighted by molar-refractivity contribution is 7.73. The average molecular weight is 343 g/mol. The molecule has 4 heteroatoms. The SMILES string of the molecule is COC(CCCCCCCC[P+](C)(C)C)OC.[Br-]. The Bertz CT molecular complexity index is 168. The first-order valence-electron chi connectivity index (χ1n) is 6.85. The fourth-order valence-corrected chi connectivity index (χ4v) is 3.11. The Morgan fingerprint density at radius 3 is 1.67 bits per heavy atom. The van der Waals surface area contributed by atoms with Crippen LogP contribution in [0.3, 0.4) is 0 Å².